The first kappa shape index (κ1) is 20.5. The Morgan fingerprint density at radius 3 is 2.54 bits per heavy atom. The molecule has 26 heavy (non-hydrogen) atoms. The molecule has 1 heterocycles. The van der Waals surface area contributed by atoms with E-state index in [1.165, 1.54) is 0 Å². The number of halogens is 2. The number of pyridine rings is 1. The first-order chi connectivity index (χ1) is 12.5. The molecule has 2 aromatic rings. The molecule has 0 aliphatic heterocycles. The lowest BCUT2D eigenvalue weighted by Gasteiger charge is -2.14. The van der Waals surface area contributed by atoms with Gasteiger partial charge in [-0.3, -0.25) is 9.98 Å². The smallest absolute Gasteiger partial charge is 0.191 e. The van der Waals surface area contributed by atoms with Gasteiger partial charge in [0, 0.05) is 35.0 Å². The summed E-state index contributed by atoms with van der Waals surface area (Å²) in [4.78, 5) is 8.73. The second-order valence-electron chi connectivity index (χ2n) is 5.92. The van der Waals surface area contributed by atoms with Gasteiger partial charge in [-0.2, -0.15) is 0 Å². The molecule has 1 unspecified atom stereocenters. The summed E-state index contributed by atoms with van der Waals surface area (Å²) < 4.78 is 0. The van der Waals surface area contributed by atoms with Crippen molar-refractivity contribution in [2.24, 2.45) is 4.99 Å². The number of rotatable bonds is 7. The number of aromatic nitrogens is 1. The Morgan fingerprint density at radius 2 is 1.92 bits per heavy atom. The van der Waals surface area contributed by atoms with E-state index in [4.69, 9.17) is 23.2 Å². The molecule has 0 aliphatic carbocycles. The van der Waals surface area contributed by atoms with Crippen LogP contribution in [0.25, 0.3) is 0 Å². The topological polar surface area (TPSA) is 69.5 Å². The number of aryl methyl sites for hydroxylation is 1. The van der Waals surface area contributed by atoms with Crippen molar-refractivity contribution in [2.45, 2.75) is 26.4 Å². The van der Waals surface area contributed by atoms with E-state index in [1.807, 2.05) is 26.1 Å². The van der Waals surface area contributed by atoms with Crippen LogP contribution in [0, 0.1) is 6.92 Å². The predicted octanol–water partition coefficient (Wildman–Crippen LogP) is 3.53. The van der Waals surface area contributed by atoms with Gasteiger partial charge in [-0.25, -0.2) is 0 Å². The zero-order valence-corrected chi connectivity index (χ0v) is 16.5. The molecular formula is C19H24Cl2N4O. The molecule has 5 nitrogen and oxygen atoms in total. The standard InChI is InChI=1S/C19H24Cl2N4O/c1-3-22-19(23-7-6-14-5-4-13(2)24-11-14)25-12-18(26)15-8-16(20)10-17(21)9-15/h4-5,8-11,18,26H,3,6-7,12H2,1-2H3,(H2,22,23,25). The lowest BCUT2D eigenvalue weighted by molar-refractivity contribution is 0.187. The maximum Gasteiger partial charge on any atom is 0.191 e. The summed E-state index contributed by atoms with van der Waals surface area (Å²) in [5.41, 5.74) is 2.81. The van der Waals surface area contributed by atoms with Crippen molar-refractivity contribution in [1.82, 2.24) is 15.6 Å². The van der Waals surface area contributed by atoms with E-state index >= 15 is 0 Å². The van der Waals surface area contributed by atoms with Gasteiger partial charge in [-0.15, -0.1) is 0 Å². The van der Waals surface area contributed by atoms with E-state index in [1.54, 1.807) is 18.2 Å². The van der Waals surface area contributed by atoms with Gasteiger partial charge in [0.25, 0.3) is 0 Å². The molecule has 0 radical (unpaired) electrons. The van der Waals surface area contributed by atoms with Crippen LogP contribution in [-0.2, 0) is 6.42 Å². The lowest BCUT2D eigenvalue weighted by atomic mass is 10.1. The quantitative estimate of drug-likeness (QED) is 0.496. The number of benzene rings is 1. The number of hydrogen-bond donors (Lipinski definition) is 3. The van der Waals surface area contributed by atoms with Crippen LogP contribution in [0.4, 0.5) is 0 Å². The summed E-state index contributed by atoms with van der Waals surface area (Å²) in [6.45, 7) is 5.62. The van der Waals surface area contributed by atoms with Gasteiger partial charge in [0.05, 0.1) is 12.6 Å². The number of aliphatic imine (C=N–C) groups is 1. The van der Waals surface area contributed by atoms with E-state index in [2.05, 4.69) is 26.7 Å². The highest BCUT2D eigenvalue weighted by molar-refractivity contribution is 6.34. The number of guanidine groups is 1. The Balaban J connectivity index is 1.91. The third-order valence-electron chi connectivity index (χ3n) is 3.71. The van der Waals surface area contributed by atoms with Crippen molar-refractivity contribution < 1.29 is 5.11 Å². The van der Waals surface area contributed by atoms with Crippen molar-refractivity contribution >= 4 is 29.2 Å². The molecule has 1 aromatic heterocycles. The molecule has 0 amide bonds. The van der Waals surface area contributed by atoms with Crippen LogP contribution in [0.2, 0.25) is 10.0 Å². The molecule has 1 aromatic carbocycles. The van der Waals surface area contributed by atoms with Gasteiger partial charge in [-0.1, -0.05) is 29.3 Å². The number of aliphatic hydroxyl groups is 1. The molecule has 0 bridgehead atoms. The molecule has 0 saturated heterocycles. The molecule has 1 atom stereocenters. The van der Waals surface area contributed by atoms with Crippen molar-refractivity contribution in [1.29, 1.82) is 0 Å². The molecule has 3 N–H and O–H groups in total. The number of aliphatic hydroxyl groups excluding tert-OH is 1. The van der Waals surface area contributed by atoms with E-state index in [0.29, 0.717) is 21.6 Å². The van der Waals surface area contributed by atoms with Crippen molar-refractivity contribution in [2.75, 3.05) is 19.6 Å². The van der Waals surface area contributed by atoms with Crippen LogP contribution in [0.3, 0.4) is 0 Å². The monoisotopic (exact) mass is 394 g/mol. The number of nitrogens with one attached hydrogen (secondary N) is 2. The third-order valence-corrected chi connectivity index (χ3v) is 4.15. The Morgan fingerprint density at radius 1 is 1.19 bits per heavy atom. The lowest BCUT2D eigenvalue weighted by Crippen LogP contribution is -2.38. The van der Waals surface area contributed by atoms with Crippen LogP contribution in [0.15, 0.2) is 41.5 Å². The summed E-state index contributed by atoms with van der Waals surface area (Å²) in [6, 6.07) is 9.09. The highest BCUT2D eigenvalue weighted by Gasteiger charge is 2.09. The normalized spacial score (nSPS) is 12.7. The van der Waals surface area contributed by atoms with Crippen LogP contribution in [-0.4, -0.2) is 35.7 Å². The Hall–Kier alpha value is -1.82. The van der Waals surface area contributed by atoms with Crippen molar-refractivity contribution in [3.05, 3.63) is 63.4 Å². The molecule has 140 valence electrons. The van der Waals surface area contributed by atoms with E-state index in [0.717, 1.165) is 30.8 Å². The van der Waals surface area contributed by atoms with E-state index in [-0.39, 0.29) is 6.54 Å². The Bertz CT molecular complexity index is 715. The molecule has 0 spiro atoms. The number of nitrogens with zero attached hydrogens (tertiary/aromatic N) is 2. The fourth-order valence-corrected chi connectivity index (χ4v) is 2.91. The summed E-state index contributed by atoms with van der Waals surface area (Å²) in [6.07, 6.45) is 1.95. The summed E-state index contributed by atoms with van der Waals surface area (Å²) >= 11 is 12.0. The Labute approximate surface area is 164 Å². The van der Waals surface area contributed by atoms with Gasteiger partial charge in [0.1, 0.15) is 0 Å². The minimum atomic E-state index is -0.775. The highest BCUT2D eigenvalue weighted by Crippen LogP contribution is 2.23. The van der Waals surface area contributed by atoms with E-state index in [9.17, 15) is 5.11 Å². The predicted molar refractivity (Wildman–Crippen MR) is 108 cm³/mol. The van der Waals surface area contributed by atoms with Gasteiger partial charge in [-0.05, 0) is 55.7 Å². The van der Waals surface area contributed by atoms with Crippen molar-refractivity contribution in [3.63, 3.8) is 0 Å². The molecule has 0 saturated carbocycles. The first-order valence-corrected chi connectivity index (χ1v) is 9.31. The summed E-state index contributed by atoms with van der Waals surface area (Å²) in [5.74, 6) is 0.653. The van der Waals surface area contributed by atoms with Gasteiger partial charge < -0.3 is 15.7 Å². The maximum absolute atomic E-state index is 10.3. The second kappa shape index (κ2) is 10.4. The third kappa shape index (κ3) is 6.83. The largest absolute Gasteiger partial charge is 0.386 e. The van der Waals surface area contributed by atoms with Gasteiger partial charge >= 0.3 is 0 Å². The first-order valence-electron chi connectivity index (χ1n) is 8.55. The molecule has 7 heteroatoms. The summed E-state index contributed by atoms with van der Waals surface area (Å²) in [5, 5.41) is 17.7. The van der Waals surface area contributed by atoms with Crippen LogP contribution < -0.4 is 10.6 Å². The Kier molecular flexibility index (Phi) is 8.16. The SMILES string of the molecule is CCNC(=NCC(O)c1cc(Cl)cc(Cl)c1)NCCc1ccc(C)nc1. The average Bonchev–Trinajstić information content (AvgIpc) is 2.60. The minimum Gasteiger partial charge on any atom is -0.386 e. The van der Waals surface area contributed by atoms with Crippen LogP contribution in [0.5, 0.6) is 0 Å². The molecule has 2 rings (SSSR count). The zero-order chi connectivity index (χ0) is 18.9. The molecule has 0 fully saturated rings. The van der Waals surface area contributed by atoms with E-state index < -0.39 is 6.10 Å². The maximum atomic E-state index is 10.3. The van der Waals surface area contributed by atoms with Crippen molar-refractivity contribution in [3.8, 4) is 0 Å². The van der Waals surface area contributed by atoms with Crippen LogP contribution >= 0.6 is 23.2 Å². The van der Waals surface area contributed by atoms with Gasteiger partial charge in [0.15, 0.2) is 5.96 Å². The second-order valence-corrected chi connectivity index (χ2v) is 6.80. The average molecular weight is 395 g/mol. The summed E-state index contributed by atoms with van der Waals surface area (Å²) in [7, 11) is 0. The zero-order valence-electron chi connectivity index (χ0n) is 15.0. The van der Waals surface area contributed by atoms with Gasteiger partial charge in [0.2, 0.25) is 0 Å². The fourth-order valence-electron chi connectivity index (χ4n) is 2.36. The van der Waals surface area contributed by atoms with Crippen LogP contribution in [0.1, 0.15) is 29.8 Å². The molecule has 0 aliphatic rings. The molecular weight excluding hydrogens is 371 g/mol. The fraction of sp³-hybridized carbons (Fsp3) is 0.368. The number of hydrogen-bond acceptors (Lipinski definition) is 3. The highest BCUT2D eigenvalue weighted by atomic mass is 35.5. The minimum absolute atomic E-state index is 0.206.